The van der Waals surface area contributed by atoms with Crippen LogP contribution in [-0.4, -0.2) is 55.6 Å². The fourth-order valence-corrected chi connectivity index (χ4v) is 2.52. The monoisotopic (exact) mass is 353 g/mol. The molecule has 3 N–H and O–H groups in total. The Bertz CT molecular complexity index is 562. The average Bonchev–Trinajstić information content (AvgIpc) is 2.60. The summed E-state index contributed by atoms with van der Waals surface area (Å²) in [6.45, 7) is 6.42. The van der Waals surface area contributed by atoms with Gasteiger partial charge < -0.3 is 25.2 Å². The summed E-state index contributed by atoms with van der Waals surface area (Å²) in [7, 11) is 0. The van der Waals surface area contributed by atoms with E-state index in [-0.39, 0.29) is 17.7 Å². The number of nitrogens with one attached hydrogen (secondary N) is 2. The zero-order valence-corrected chi connectivity index (χ0v) is 14.9. The first-order chi connectivity index (χ1) is 12.0. The molecule has 0 saturated carbocycles. The SMILES string of the molecule is CCNC(=NCC1(O)CCOCC1)NCC(C)Oc1ccccc1F. The second kappa shape index (κ2) is 9.58. The van der Waals surface area contributed by atoms with Gasteiger partial charge in [0.2, 0.25) is 0 Å². The number of hydrogen-bond donors (Lipinski definition) is 3. The van der Waals surface area contributed by atoms with Crippen molar-refractivity contribution in [2.75, 3.05) is 32.8 Å². The van der Waals surface area contributed by atoms with E-state index >= 15 is 0 Å². The van der Waals surface area contributed by atoms with Gasteiger partial charge in [0, 0.05) is 32.6 Å². The van der Waals surface area contributed by atoms with Crippen molar-refractivity contribution in [1.82, 2.24) is 10.6 Å². The van der Waals surface area contributed by atoms with Crippen molar-refractivity contribution in [3.05, 3.63) is 30.1 Å². The van der Waals surface area contributed by atoms with Gasteiger partial charge in [0.05, 0.1) is 18.7 Å². The Hall–Kier alpha value is -1.86. The molecule has 1 fully saturated rings. The minimum Gasteiger partial charge on any atom is -0.486 e. The Morgan fingerprint density at radius 1 is 1.36 bits per heavy atom. The molecule has 1 aromatic carbocycles. The number of rotatable bonds is 7. The molecule has 1 aromatic rings. The molecule has 2 rings (SSSR count). The third kappa shape index (κ3) is 6.51. The first-order valence-corrected chi connectivity index (χ1v) is 8.76. The summed E-state index contributed by atoms with van der Waals surface area (Å²) in [6.07, 6.45) is 0.928. The van der Waals surface area contributed by atoms with Gasteiger partial charge >= 0.3 is 0 Å². The zero-order valence-electron chi connectivity index (χ0n) is 14.9. The molecule has 0 aromatic heterocycles. The number of benzene rings is 1. The normalized spacial score (nSPS) is 18.5. The van der Waals surface area contributed by atoms with Crippen LogP contribution in [0.25, 0.3) is 0 Å². The smallest absolute Gasteiger partial charge is 0.191 e. The maximum atomic E-state index is 13.6. The van der Waals surface area contributed by atoms with Crippen LogP contribution in [0.2, 0.25) is 0 Å². The first-order valence-electron chi connectivity index (χ1n) is 8.76. The van der Waals surface area contributed by atoms with Crippen LogP contribution < -0.4 is 15.4 Å². The Labute approximate surface area is 148 Å². The summed E-state index contributed by atoms with van der Waals surface area (Å²) in [5.41, 5.74) is -0.810. The molecule has 6 nitrogen and oxygen atoms in total. The number of hydrogen-bond acceptors (Lipinski definition) is 4. The van der Waals surface area contributed by atoms with Crippen LogP contribution in [0.1, 0.15) is 26.7 Å². The molecule has 7 heteroatoms. The lowest BCUT2D eigenvalue weighted by Crippen LogP contribution is -2.44. The van der Waals surface area contributed by atoms with E-state index in [2.05, 4.69) is 15.6 Å². The molecular formula is C18H28FN3O3. The van der Waals surface area contributed by atoms with Crippen LogP contribution in [0.4, 0.5) is 4.39 Å². The zero-order chi connectivity index (χ0) is 18.1. The third-order valence-electron chi connectivity index (χ3n) is 4.02. The molecule has 0 radical (unpaired) electrons. The molecule has 1 atom stereocenters. The van der Waals surface area contributed by atoms with Gasteiger partial charge in [-0.05, 0) is 26.0 Å². The van der Waals surface area contributed by atoms with Gasteiger partial charge in [-0.1, -0.05) is 12.1 Å². The summed E-state index contributed by atoms with van der Waals surface area (Å²) in [5, 5.41) is 16.8. The molecule has 1 heterocycles. The molecular weight excluding hydrogens is 325 g/mol. The van der Waals surface area contributed by atoms with Crippen LogP contribution in [0.5, 0.6) is 5.75 Å². The average molecular weight is 353 g/mol. The summed E-state index contributed by atoms with van der Waals surface area (Å²) in [5.74, 6) is 0.457. The van der Waals surface area contributed by atoms with Crippen LogP contribution in [-0.2, 0) is 4.74 Å². The van der Waals surface area contributed by atoms with Crippen molar-refractivity contribution in [3.8, 4) is 5.75 Å². The largest absolute Gasteiger partial charge is 0.486 e. The fourth-order valence-electron chi connectivity index (χ4n) is 2.52. The molecule has 0 bridgehead atoms. The van der Waals surface area contributed by atoms with Gasteiger partial charge in [-0.2, -0.15) is 0 Å². The maximum absolute atomic E-state index is 13.6. The molecule has 0 amide bonds. The predicted molar refractivity (Wildman–Crippen MR) is 95.5 cm³/mol. The highest BCUT2D eigenvalue weighted by atomic mass is 19.1. The molecule has 25 heavy (non-hydrogen) atoms. The maximum Gasteiger partial charge on any atom is 0.191 e. The minimum atomic E-state index is -0.810. The number of nitrogens with zero attached hydrogens (tertiary/aromatic N) is 1. The highest BCUT2D eigenvalue weighted by Crippen LogP contribution is 2.20. The third-order valence-corrected chi connectivity index (χ3v) is 4.02. The van der Waals surface area contributed by atoms with Crippen molar-refractivity contribution in [2.24, 2.45) is 4.99 Å². The van der Waals surface area contributed by atoms with Crippen molar-refractivity contribution in [2.45, 2.75) is 38.4 Å². The van der Waals surface area contributed by atoms with Crippen molar-refractivity contribution in [3.63, 3.8) is 0 Å². The van der Waals surface area contributed by atoms with E-state index in [0.717, 1.165) is 0 Å². The Balaban J connectivity index is 1.85. The number of ether oxygens (including phenoxy) is 2. The van der Waals surface area contributed by atoms with Crippen LogP contribution in [0.15, 0.2) is 29.3 Å². The summed E-state index contributed by atoms with van der Waals surface area (Å²) >= 11 is 0. The molecule has 1 unspecified atom stereocenters. The number of halogens is 1. The number of aliphatic imine (C=N–C) groups is 1. The Morgan fingerprint density at radius 3 is 2.76 bits per heavy atom. The summed E-state index contributed by atoms with van der Waals surface area (Å²) in [4.78, 5) is 4.46. The van der Waals surface area contributed by atoms with Crippen molar-refractivity contribution >= 4 is 5.96 Å². The van der Waals surface area contributed by atoms with Gasteiger partial charge in [0.15, 0.2) is 17.5 Å². The number of para-hydroxylation sites is 1. The van der Waals surface area contributed by atoms with E-state index < -0.39 is 5.60 Å². The lowest BCUT2D eigenvalue weighted by Gasteiger charge is -2.30. The molecule has 0 spiro atoms. The van der Waals surface area contributed by atoms with Crippen molar-refractivity contribution < 1.29 is 19.0 Å². The van der Waals surface area contributed by atoms with Crippen molar-refractivity contribution in [1.29, 1.82) is 0 Å². The number of guanidine groups is 1. The lowest BCUT2D eigenvalue weighted by atomic mass is 9.95. The first kappa shape index (κ1) is 19.5. The van der Waals surface area contributed by atoms with E-state index in [0.29, 0.717) is 51.6 Å². The Morgan fingerprint density at radius 2 is 2.08 bits per heavy atom. The van der Waals surface area contributed by atoms with E-state index in [1.54, 1.807) is 18.2 Å². The molecule has 0 aliphatic carbocycles. The highest BCUT2D eigenvalue weighted by molar-refractivity contribution is 5.79. The fraction of sp³-hybridized carbons (Fsp3) is 0.611. The van der Waals surface area contributed by atoms with Crippen LogP contribution in [0, 0.1) is 5.82 Å². The lowest BCUT2D eigenvalue weighted by molar-refractivity contribution is -0.0565. The van der Waals surface area contributed by atoms with Gasteiger partial charge in [0.25, 0.3) is 0 Å². The van der Waals surface area contributed by atoms with Gasteiger partial charge in [-0.3, -0.25) is 4.99 Å². The second-order valence-electron chi connectivity index (χ2n) is 6.27. The topological polar surface area (TPSA) is 75.1 Å². The minimum absolute atomic E-state index is 0.232. The van der Waals surface area contributed by atoms with E-state index in [9.17, 15) is 9.50 Å². The molecule has 140 valence electrons. The molecule has 1 aliphatic rings. The standard InChI is InChI=1S/C18H28FN3O3/c1-3-20-17(22-13-18(23)8-10-24-11-9-18)21-12-14(2)25-16-7-5-4-6-15(16)19/h4-7,14,23H,3,8-13H2,1-2H3,(H2,20,21,22). The van der Waals surface area contributed by atoms with Crippen LogP contribution >= 0.6 is 0 Å². The van der Waals surface area contributed by atoms with Gasteiger partial charge in [-0.25, -0.2) is 4.39 Å². The van der Waals surface area contributed by atoms with E-state index in [4.69, 9.17) is 9.47 Å². The van der Waals surface area contributed by atoms with Gasteiger partial charge in [-0.15, -0.1) is 0 Å². The summed E-state index contributed by atoms with van der Waals surface area (Å²) < 4.78 is 24.5. The second-order valence-corrected chi connectivity index (χ2v) is 6.27. The Kier molecular flexibility index (Phi) is 7.46. The summed E-state index contributed by atoms with van der Waals surface area (Å²) in [6, 6.07) is 6.34. The predicted octanol–water partition coefficient (Wildman–Crippen LogP) is 1.69. The number of aliphatic hydroxyl groups is 1. The molecule has 1 aliphatic heterocycles. The quantitative estimate of drug-likeness (QED) is 0.514. The van der Waals surface area contributed by atoms with Crippen LogP contribution in [0.3, 0.4) is 0 Å². The molecule has 1 saturated heterocycles. The highest BCUT2D eigenvalue weighted by Gasteiger charge is 2.29. The van der Waals surface area contributed by atoms with Gasteiger partial charge in [0.1, 0.15) is 6.10 Å². The van der Waals surface area contributed by atoms with E-state index in [1.165, 1.54) is 6.07 Å². The van der Waals surface area contributed by atoms with E-state index in [1.807, 2.05) is 13.8 Å².